The number of benzene rings is 2. The van der Waals surface area contributed by atoms with Crippen molar-refractivity contribution in [3.8, 4) is 11.4 Å². The fourth-order valence-corrected chi connectivity index (χ4v) is 4.50. The van der Waals surface area contributed by atoms with Gasteiger partial charge < -0.3 is 10.1 Å². The van der Waals surface area contributed by atoms with E-state index in [0.717, 1.165) is 30.9 Å². The van der Waals surface area contributed by atoms with Crippen molar-refractivity contribution < 1.29 is 22.7 Å². The van der Waals surface area contributed by atoms with Gasteiger partial charge in [0.05, 0.1) is 31.0 Å². The Morgan fingerprint density at radius 1 is 1.18 bits per heavy atom. The van der Waals surface area contributed by atoms with E-state index in [1.807, 2.05) is 6.07 Å². The van der Waals surface area contributed by atoms with E-state index in [0.29, 0.717) is 15.9 Å². The molecule has 3 aromatic rings. The molecule has 0 fully saturated rings. The van der Waals surface area contributed by atoms with Crippen molar-refractivity contribution in [2.75, 3.05) is 7.11 Å². The van der Waals surface area contributed by atoms with Gasteiger partial charge in [-0.1, -0.05) is 34.1 Å². The SMILES string of the molecule is COc1cc(Br)cc(-n2nc(C(F)(F)F)cc2CNC(=O)C(C)c2ccc3c(c2)CCC3)c1. The van der Waals surface area contributed by atoms with Crippen molar-refractivity contribution in [1.29, 1.82) is 0 Å². The first kappa shape index (κ1) is 23.4. The third-order valence-corrected chi connectivity index (χ3v) is 6.33. The second-order valence-electron chi connectivity index (χ2n) is 8.10. The predicted octanol–water partition coefficient (Wildman–Crippen LogP) is 5.57. The molecular formula is C24H23BrF3N3O2. The molecule has 0 saturated heterocycles. The smallest absolute Gasteiger partial charge is 0.435 e. The number of aromatic nitrogens is 2. The fraction of sp³-hybridized carbons (Fsp3) is 0.333. The van der Waals surface area contributed by atoms with E-state index < -0.39 is 17.8 Å². The number of amides is 1. The summed E-state index contributed by atoms with van der Waals surface area (Å²) in [6, 6.07) is 11.9. The van der Waals surface area contributed by atoms with Crippen LogP contribution in [0.25, 0.3) is 5.69 Å². The van der Waals surface area contributed by atoms with E-state index in [1.54, 1.807) is 25.1 Å². The number of fused-ring (bicyclic) bond motifs is 1. The van der Waals surface area contributed by atoms with Crippen LogP contribution in [0.1, 0.15) is 47.3 Å². The van der Waals surface area contributed by atoms with Crippen molar-refractivity contribution in [1.82, 2.24) is 15.1 Å². The van der Waals surface area contributed by atoms with Gasteiger partial charge in [-0.3, -0.25) is 4.79 Å². The molecule has 1 aromatic heterocycles. The Bertz CT molecular complexity index is 1190. The third kappa shape index (κ3) is 5.08. The molecule has 0 bridgehead atoms. The third-order valence-electron chi connectivity index (χ3n) is 5.87. The van der Waals surface area contributed by atoms with Crippen molar-refractivity contribution in [2.24, 2.45) is 0 Å². The van der Waals surface area contributed by atoms with Gasteiger partial charge in [0, 0.05) is 10.5 Å². The maximum atomic E-state index is 13.4. The van der Waals surface area contributed by atoms with E-state index >= 15 is 0 Å². The Hall–Kier alpha value is -2.81. The molecule has 1 aliphatic rings. The number of carbonyl (C=O) groups excluding carboxylic acids is 1. The lowest BCUT2D eigenvalue weighted by molar-refractivity contribution is -0.141. The van der Waals surface area contributed by atoms with Crippen LogP contribution in [0.2, 0.25) is 0 Å². The Kier molecular flexibility index (Phi) is 6.52. The number of ether oxygens (including phenoxy) is 1. The molecule has 0 aliphatic heterocycles. The van der Waals surface area contributed by atoms with Crippen LogP contribution < -0.4 is 10.1 Å². The average molecular weight is 522 g/mol. The highest BCUT2D eigenvalue weighted by molar-refractivity contribution is 9.10. The largest absolute Gasteiger partial charge is 0.497 e. The predicted molar refractivity (Wildman–Crippen MR) is 122 cm³/mol. The van der Waals surface area contributed by atoms with Gasteiger partial charge in [-0.2, -0.15) is 18.3 Å². The minimum atomic E-state index is -4.61. The van der Waals surface area contributed by atoms with Crippen molar-refractivity contribution >= 4 is 21.8 Å². The summed E-state index contributed by atoms with van der Waals surface area (Å²) in [7, 11) is 1.47. The zero-order valence-corrected chi connectivity index (χ0v) is 19.8. The molecule has 1 amide bonds. The number of nitrogens with one attached hydrogen (secondary N) is 1. The average Bonchev–Trinajstić information content (AvgIpc) is 3.42. The molecule has 2 aromatic carbocycles. The van der Waals surface area contributed by atoms with Crippen LogP contribution in [0.4, 0.5) is 13.2 Å². The molecule has 174 valence electrons. The minimum Gasteiger partial charge on any atom is -0.497 e. The first-order valence-corrected chi connectivity index (χ1v) is 11.4. The van der Waals surface area contributed by atoms with Crippen LogP contribution in [0.3, 0.4) is 0 Å². The Labute approximate surface area is 198 Å². The standard InChI is InChI=1S/C24H23BrF3N3O2/c1-14(16-7-6-15-4-3-5-17(15)8-16)23(32)29-13-20-12-22(24(26,27)28)30-31(20)19-9-18(25)10-21(11-19)33-2/h6-12,14H,3-5,13H2,1-2H3,(H,29,32). The maximum Gasteiger partial charge on any atom is 0.435 e. The molecule has 5 nitrogen and oxygen atoms in total. The molecule has 1 atom stereocenters. The normalized spacial score (nSPS) is 14.1. The second kappa shape index (κ2) is 9.21. The number of carbonyl (C=O) groups is 1. The van der Waals surface area contributed by atoms with E-state index in [1.165, 1.54) is 22.9 Å². The molecule has 1 unspecified atom stereocenters. The number of halogens is 4. The lowest BCUT2D eigenvalue weighted by Crippen LogP contribution is -2.28. The lowest BCUT2D eigenvalue weighted by atomic mass is 9.96. The first-order chi connectivity index (χ1) is 15.7. The van der Waals surface area contributed by atoms with E-state index in [2.05, 4.69) is 38.5 Å². The van der Waals surface area contributed by atoms with Crippen LogP contribution in [-0.4, -0.2) is 22.8 Å². The highest BCUT2D eigenvalue weighted by Gasteiger charge is 2.35. The summed E-state index contributed by atoms with van der Waals surface area (Å²) in [6.45, 7) is 1.69. The van der Waals surface area contributed by atoms with Crippen LogP contribution in [0, 0.1) is 0 Å². The molecule has 33 heavy (non-hydrogen) atoms. The van der Waals surface area contributed by atoms with Crippen LogP contribution in [-0.2, 0) is 30.4 Å². The molecule has 9 heteroatoms. The number of hydrogen-bond acceptors (Lipinski definition) is 3. The molecule has 4 rings (SSSR count). The summed E-state index contributed by atoms with van der Waals surface area (Å²) >= 11 is 3.34. The monoisotopic (exact) mass is 521 g/mol. The summed E-state index contributed by atoms with van der Waals surface area (Å²) in [5.74, 6) is -0.231. The van der Waals surface area contributed by atoms with Gasteiger partial charge in [0.15, 0.2) is 5.69 Å². The number of methoxy groups -OCH3 is 1. The number of nitrogens with zero attached hydrogens (tertiary/aromatic N) is 2. The van der Waals surface area contributed by atoms with Gasteiger partial charge in [-0.25, -0.2) is 4.68 Å². The van der Waals surface area contributed by atoms with Crippen LogP contribution >= 0.6 is 15.9 Å². The van der Waals surface area contributed by atoms with Crippen molar-refractivity contribution in [2.45, 2.75) is 44.8 Å². The number of hydrogen-bond donors (Lipinski definition) is 1. The number of aryl methyl sites for hydroxylation is 2. The van der Waals surface area contributed by atoms with Crippen molar-refractivity contribution in [3.05, 3.63) is 75.0 Å². The van der Waals surface area contributed by atoms with Gasteiger partial charge in [0.1, 0.15) is 5.75 Å². The highest BCUT2D eigenvalue weighted by atomic mass is 79.9. The quantitative estimate of drug-likeness (QED) is 0.461. The lowest BCUT2D eigenvalue weighted by Gasteiger charge is -2.15. The molecule has 1 N–H and O–H groups in total. The Morgan fingerprint density at radius 3 is 2.67 bits per heavy atom. The summed E-state index contributed by atoms with van der Waals surface area (Å²) in [5.41, 5.74) is 3.04. The summed E-state index contributed by atoms with van der Waals surface area (Å²) in [4.78, 5) is 12.8. The van der Waals surface area contributed by atoms with E-state index in [4.69, 9.17) is 4.74 Å². The molecular weight excluding hydrogens is 499 g/mol. The summed E-state index contributed by atoms with van der Waals surface area (Å²) in [5, 5.41) is 6.53. The van der Waals surface area contributed by atoms with E-state index in [9.17, 15) is 18.0 Å². The molecule has 0 spiro atoms. The molecule has 0 saturated carbocycles. The summed E-state index contributed by atoms with van der Waals surface area (Å²) in [6.07, 6.45) is -1.43. The Balaban J connectivity index is 1.57. The molecule has 1 aliphatic carbocycles. The van der Waals surface area contributed by atoms with Gasteiger partial charge in [-0.05, 0) is 61.1 Å². The Morgan fingerprint density at radius 2 is 1.94 bits per heavy atom. The molecule has 1 heterocycles. The van der Waals surface area contributed by atoms with Gasteiger partial charge >= 0.3 is 6.18 Å². The maximum absolute atomic E-state index is 13.4. The topological polar surface area (TPSA) is 56.1 Å². The number of alkyl halides is 3. The number of rotatable bonds is 6. The van der Waals surface area contributed by atoms with Crippen LogP contribution in [0.5, 0.6) is 5.75 Å². The second-order valence-corrected chi connectivity index (χ2v) is 9.02. The minimum absolute atomic E-state index is 0.105. The van der Waals surface area contributed by atoms with E-state index in [-0.39, 0.29) is 18.1 Å². The first-order valence-electron chi connectivity index (χ1n) is 10.6. The van der Waals surface area contributed by atoms with Gasteiger partial charge in [0.2, 0.25) is 5.91 Å². The molecule has 0 radical (unpaired) electrons. The highest BCUT2D eigenvalue weighted by Crippen LogP contribution is 2.31. The van der Waals surface area contributed by atoms with Gasteiger partial charge in [0.25, 0.3) is 0 Å². The summed E-state index contributed by atoms with van der Waals surface area (Å²) < 4.78 is 47.2. The van der Waals surface area contributed by atoms with Crippen LogP contribution in [0.15, 0.2) is 46.9 Å². The van der Waals surface area contributed by atoms with Crippen molar-refractivity contribution in [3.63, 3.8) is 0 Å². The van der Waals surface area contributed by atoms with Gasteiger partial charge in [-0.15, -0.1) is 0 Å². The zero-order valence-electron chi connectivity index (χ0n) is 18.2. The zero-order chi connectivity index (χ0) is 23.8. The fourth-order valence-electron chi connectivity index (χ4n) is 4.04.